The third-order valence-corrected chi connectivity index (χ3v) is 3.39. The third kappa shape index (κ3) is 3.23. The molecule has 0 saturated carbocycles. The molecule has 0 radical (unpaired) electrons. The van der Waals surface area contributed by atoms with E-state index in [1.807, 2.05) is 30.3 Å². The smallest absolute Gasteiger partial charge is 1.00 e. The molecule has 14 heavy (non-hydrogen) atoms. The van der Waals surface area contributed by atoms with Crippen LogP contribution in [0.4, 0.5) is 0 Å². The number of hydrogen-bond donors (Lipinski definition) is 0. The fraction of sp³-hybridized carbons (Fsp3) is 0.0909. The molecule has 0 unspecified atom stereocenters. The SMILES string of the molecule is C1=CCC([SiH2]Oc2ccccc2)=C1.[H-].[Li+]. The van der Waals surface area contributed by atoms with Crippen LogP contribution in [0.1, 0.15) is 7.85 Å². The van der Waals surface area contributed by atoms with Crippen LogP contribution in [0.25, 0.3) is 0 Å². The van der Waals surface area contributed by atoms with Gasteiger partial charge < -0.3 is 5.85 Å². The van der Waals surface area contributed by atoms with Gasteiger partial charge in [0, 0.05) is 0 Å². The minimum atomic E-state index is -0.512. The molecule has 0 saturated heterocycles. The summed E-state index contributed by atoms with van der Waals surface area (Å²) in [4.78, 5) is 0. The van der Waals surface area contributed by atoms with Crippen molar-refractivity contribution in [1.29, 1.82) is 0 Å². The van der Waals surface area contributed by atoms with Crippen LogP contribution in [-0.4, -0.2) is 9.76 Å². The van der Waals surface area contributed by atoms with Gasteiger partial charge in [0.2, 0.25) is 9.76 Å². The minimum Gasteiger partial charge on any atom is -1.00 e. The summed E-state index contributed by atoms with van der Waals surface area (Å²) < 4.78 is 5.72. The average molecular weight is 196 g/mol. The molecule has 0 heterocycles. The van der Waals surface area contributed by atoms with Crippen molar-refractivity contribution in [2.75, 3.05) is 0 Å². The fourth-order valence-electron chi connectivity index (χ4n) is 1.29. The van der Waals surface area contributed by atoms with Crippen molar-refractivity contribution in [3.8, 4) is 5.75 Å². The van der Waals surface area contributed by atoms with E-state index in [1.165, 1.54) is 5.20 Å². The standard InChI is InChI=1S/C11H12OSi.Li.H/c1-2-6-10(7-3-1)12-13-11-8-4-5-9-11;;/h1-8H,9,13H2;;/q;+1;-1. The first-order chi connectivity index (χ1) is 6.45. The molecule has 1 aliphatic carbocycles. The quantitative estimate of drug-likeness (QED) is 0.570. The molecule has 0 aromatic heterocycles. The van der Waals surface area contributed by atoms with Crippen LogP contribution >= 0.6 is 0 Å². The van der Waals surface area contributed by atoms with Crippen LogP contribution in [0, 0.1) is 0 Å². The minimum absolute atomic E-state index is 0. The second-order valence-corrected chi connectivity index (χ2v) is 4.54. The number of para-hydroxylation sites is 1. The Hall–Kier alpha value is -0.686. The monoisotopic (exact) mass is 196 g/mol. The zero-order valence-electron chi connectivity index (χ0n) is 9.44. The predicted octanol–water partition coefficient (Wildman–Crippen LogP) is -0.891. The summed E-state index contributed by atoms with van der Waals surface area (Å²) in [6, 6.07) is 10.0. The zero-order valence-corrected chi connectivity index (χ0v) is 9.86. The van der Waals surface area contributed by atoms with Crippen molar-refractivity contribution in [3.05, 3.63) is 53.8 Å². The first-order valence-corrected chi connectivity index (χ1v) is 5.76. The number of rotatable bonds is 3. The van der Waals surface area contributed by atoms with E-state index < -0.39 is 9.76 Å². The molecule has 0 N–H and O–H groups in total. The molecule has 1 nitrogen and oxygen atoms in total. The van der Waals surface area contributed by atoms with Crippen LogP contribution in [-0.2, 0) is 0 Å². The first kappa shape index (κ1) is 11.4. The van der Waals surface area contributed by atoms with E-state index in [2.05, 4.69) is 18.2 Å². The predicted molar refractivity (Wildman–Crippen MR) is 58.6 cm³/mol. The Labute approximate surface area is 100 Å². The van der Waals surface area contributed by atoms with Crippen LogP contribution in [0.15, 0.2) is 53.8 Å². The molecule has 1 aromatic rings. The number of benzene rings is 1. The summed E-state index contributed by atoms with van der Waals surface area (Å²) in [5, 5.41) is 1.48. The van der Waals surface area contributed by atoms with E-state index in [9.17, 15) is 0 Å². The molecular weight excluding hydrogens is 183 g/mol. The van der Waals surface area contributed by atoms with Crippen LogP contribution < -0.4 is 23.3 Å². The van der Waals surface area contributed by atoms with Gasteiger partial charge in [-0.3, -0.25) is 0 Å². The summed E-state index contributed by atoms with van der Waals surface area (Å²) in [6.07, 6.45) is 7.56. The van der Waals surface area contributed by atoms with Crippen molar-refractivity contribution in [2.24, 2.45) is 0 Å². The molecule has 3 heteroatoms. The van der Waals surface area contributed by atoms with Gasteiger partial charge in [-0.15, -0.1) is 0 Å². The van der Waals surface area contributed by atoms with Gasteiger partial charge in [-0.1, -0.05) is 36.4 Å². The van der Waals surface area contributed by atoms with Gasteiger partial charge in [0.25, 0.3) is 0 Å². The normalized spacial score (nSPS) is 14.1. The Morgan fingerprint density at radius 2 is 2.00 bits per heavy atom. The van der Waals surface area contributed by atoms with Gasteiger partial charge in [0.15, 0.2) is 0 Å². The molecule has 2 rings (SSSR count). The molecule has 68 valence electrons. The molecule has 1 aliphatic rings. The van der Waals surface area contributed by atoms with E-state index in [-0.39, 0.29) is 20.3 Å². The molecule has 0 amide bonds. The molecule has 0 spiro atoms. The van der Waals surface area contributed by atoms with Gasteiger partial charge in [-0.25, -0.2) is 0 Å². The topological polar surface area (TPSA) is 9.23 Å². The van der Waals surface area contributed by atoms with Gasteiger partial charge >= 0.3 is 18.9 Å². The second-order valence-electron chi connectivity index (χ2n) is 3.06. The van der Waals surface area contributed by atoms with Crippen LogP contribution in [0.5, 0.6) is 5.75 Å². The average Bonchev–Trinajstić information content (AvgIpc) is 2.69. The Balaban J connectivity index is 0.000000980. The zero-order chi connectivity index (χ0) is 8.93. The van der Waals surface area contributed by atoms with E-state index in [4.69, 9.17) is 4.43 Å². The number of allylic oxidation sites excluding steroid dienone is 4. The largest absolute Gasteiger partial charge is 1.00 e. The Morgan fingerprint density at radius 1 is 1.21 bits per heavy atom. The van der Waals surface area contributed by atoms with Gasteiger partial charge in [0.1, 0.15) is 5.75 Å². The summed E-state index contributed by atoms with van der Waals surface area (Å²) in [5.41, 5.74) is 0. The van der Waals surface area contributed by atoms with Crippen LogP contribution in [0.2, 0.25) is 0 Å². The maximum absolute atomic E-state index is 5.72. The van der Waals surface area contributed by atoms with Crippen molar-refractivity contribution in [2.45, 2.75) is 6.42 Å². The summed E-state index contributed by atoms with van der Waals surface area (Å²) in [6.45, 7) is 0. The molecule has 0 aliphatic heterocycles. The van der Waals surface area contributed by atoms with Crippen molar-refractivity contribution < 1.29 is 24.7 Å². The van der Waals surface area contributed by atoms with Crippen molar-refractivity contribution in [3.63, 3.8) is 0 Å². The summed E-state index contributed by atoms with van der Waals surface area (Å²) in [7, 11) is -0.512. The van der Waals surface area contributed by atoms with Gasteiger partial charge in [-0.2, -0.15) is 0 Å². The Morgan fingerprint density at radius 3 is 2.64 bits per heavy atom. The summed E-state index contributed by atoms with van der Waals surface area (Å²) >= 11 is 0. The van der Waals surface area contributed by atoms with E-state index in [0.29, 0.717) is 0 Å². The van der Waals surface area contributed by atoms with E-state index >= 15 is 0 Å². The maximum Gasteiger partial charge on any atom is 1.00 e. The molecule has 1 aromatic carbocycles. The van der Waals surface area contributed by atoms with Gasteiger partial charge in [-0.05, 0) is 23.7 Å². The van der Waals surface area contributed by atoms with E-state index in [0.717, 1.165) is 12.2 Å². The van der Waals surface area contributed by atoms with Gasteiger partial charge in [0.05, 0.1) is 0 Å². The molecule has 0 atom stereocenters. The van der Waals surface area contributed by atoms with E-state index in [1.54, 1.807) is 0 Å². The fourth-order valence-corrected chi connectivity index (χ4v) is 2.35. The second kappa shape index (κ2) is 5.92. The Bertz CT molecular complexity index is 338. The summed E-state index contributed by atoms with van der Waals surface area (Å²) in [5.74, 6) is 1.00. The van der Waals surface area contributed by atoms with Crippen LogP contribution in [0.3, 0.4) is 0 Å². The Kier molecular flexibility index (Phi) is 4.82. The number of hydrogen-bond acceptors (Lipinski definition) is 1. The molecule has 0 bridgehead atoms. The van der Waals surface area contributed by atoms with Crippen molar-refractivity contribution >= 4 is 9.76 Å². The third-order valence-electron chi connectivity index (χ3n) is 2.02. The molecular formula is C11H13LiOSi. The van der Waals surface area contributed by atoms with Crippen molar-refractivity contribution in [1.82, 2.24) is 0 Å². The molecule has 0 fully saturated rings. The first-order valence-electron chi connectivity index (χ1n) is 4.47. The maximum atomic E-state index is 5.72.